The van der Waals surface area contributed by atoms with Gasteiger partial charge >= 0.3 is 0 Å². The normalized spacial score (nSPS) is 14.5. The number of carbonyl (C=O) groups excluding carboxylic acids is 1. The van der Waals surface area contributed by atoms with Crippen molar-refractivity contribution in [2.24, 2.45) is 5.92 Å². The molecule has 28 heavy (non-hydrogen) atoms. The van der Waals surface area contributed by atoms with Gasteiger partial charge in [-0.2, -0.15) is 5.26 Å². The fourth-order valence-corrected chi connectivity index (χ4v) is 3.23. The molecule has 9 nitrogen and oxygen atoms in total. The lowest BCUT2D eigenvalue weighted by Crippen LogP contribution is -2.38. The lowest BCUT2D eigenvalue weighted by Gasteiger charge is -2.32. The molecule has 1 amide bonds. The van der Waals surface area contributed by atoms with Crippen LogP contribution < -0.4 is 10.2 Å². The standard InChI is InChI=1S/C19H18N8O/c20-11-14-1-6-18(21-12-14)26-9-7-15(8-10-26)19(28)23-16-2-4-17(5-3-16)27-13-22-24-25-27/h1-6,12-13,15H,7-10H2,(H,23,28). The number of nitrogens with one attached hydrogen (secondary N) is 1. The first-order valence-electron chi connectivity index (χ1n) is 8.98. The highest BCUT2D eigenvalue weighted by atomic mass is 16.1. The summed E-state index contributed by atoms with van der Waals surface area (Å²) in [4.78, 5) is 19.1. The number of piperidine rings is 1. The summed E-state index contributed by atoms with van der Waals surface area (Å²) in [5.41, 5.74) is 2.12. The van der Waals surface area contributed by atoms with Crippen LogP contribution in [0.5, 0.6) is 0 Å². The quantitative estimate of drug-likeness (QED) is 0.740. The minimum atomic E-state index is -0.0335. The largest absolute Gasteiger partial charge is 0.357 e. The van der Waals surface area contributed by atoms with Crippen LogP contribution in [0.25, 0.3) is 5.69 Å². The van der Waals surface area contributed by atoms with Crippen LogP contribution >= 0.6 is 0 Å². The van der Waals surface area contributed by atoms with Gasteiger partial charge in [0.25, 0.3) is 0 Å². The van der Waals surface area contributed by atoms with Gasteiger partial charge in [0.05, 0.1) is 11.3 Å². The van der Waals surface area contributed by atoms with Gasteiger partial charge in [-0.15, -0.1) is 5.10 Å². The minimum absolute atomic E-state index is 0.0302. The van der Waals surface area contributed by atoms with Gasteiger partial charge in [-0.25, -0.2) is 9.67 Å². The van der Waals surface area contributed by atoms with Gasteiger partial charge in [-0.1, -0.05) is 0 Å². The number of nitriles is 1. The Labute approximate surface area is 161 Å². The minimum Gasteiger partial charge on any atom is -0.357 e. The summed E-state index contributed by atoms with van der Waals surface area (Å²) in [6, 6.07) is 13.1. The Morgan fingerprint density at radius 1 is 1.14 bits per heavy atom. The molecule has 0 saturated carbocycles. The second-order valence-electron chi connectivity index (χ2n) is 6.57. The Kier molecular flexibility index (Phi) is 4.93. The Hall–Kier alpha value is -3.80. The second-order valence-corrected chi connectivity index (χ2v) is 6.57. The highest BCUT2D eigenvalue weighted by Crippen LogP contribution is 2.23. The molecule has 0 bridgehead atoms. The van der Waals surface area contributed by atoms with Crippen LogP contribution in [0.2, 0.25) is 0 Å². The van der Waals surface area contributed by atoms with E-state index >= 15 is 0 Å². The van der Waals surface area contributed by atoms with Crippen molar-refractivity contribution < 1.29 is 4.79 Å². The first-order valence-corrected chi connectivity index (χ1v) is 8.98. The highest BCUT2D eigenvalue weighted by molar-refractivity contribution is 5.92. The van der Waals surface area contributed by atoms with Crippen LogP contribution in [0, 0.1) is 17.2 Å². The van der Waals surface area contributed by atoms with E-state index in [-0.39, 0.29) is 11.8 Å². The number of nitrogens with zero attached hydrogens (tertiary/aromatic N) is 7. The predicted octanol–water partition coefficient (Wildman–Crippen LogP) is 1.78. The third kappa shape index (κ3) is 3.81. The number of hydrogen-bond acceptors (Lipinski definition) is 7. The molecule has 1 N–H and O–H groups in total. The van der Waals surface area contributed by atoms with Gasteiger partial charge in [0.15, 0.2) is 0 Å². The maximum Gasteiger partial charge on any atom is 0.227 e. The number of pyridine rings is 1. The van der Waals surface area contributed by atoms with Crippen LogP contribution in [0.4, 0.5) is 11.5 Å². The van der Waals surface area contributed by atoms with Crippen molar-refractivity contribution in [3.8, 4) is 11.8 Å². The summed E-state index contributed by atoms with van der Waals surface area (Å²) in [5, 5.41) is 22.9. The lowest BCUT2D eigenvalue weighted by atomic mass is 9.95. The molecule has 2 aromatic heterocycles. The average molecular weight is 374 g/mol. The van der Waals surface area contributed by atoms with Crippen LogP contribution in [0.1, 0.15) is 18.4 Å². The lowest BCUT2D eigenvalue weighted by molar-refractivity contribution is -0.120. The van der Waals surface area contributed by atoms with Crippen LogP contribution in [0.15, 0.2) is 48.9 Å². The van der Waals surface area contributed by atoms with E-state index in [0.29, 0.717) is 5.56 Å². The molecular formula is C19H18N8O. The number of hydrogen-bond donors (Lipinski definition) is 1. The van der Waals surface area contributed by atoms with E-state index in [4.69, 9.17) is 5.26 Å². The van der Waals surface area contributed by atoms with Crippen LogP contribution in [0.3, 0.4) is 0 Å². The van der Waals surface area contributed by atoms with Crippen molar-refractivity contribution in [1.29, 1.82) is 5.26 Å². The first-order chi connectivity index (χ1) is 13.7. The van der Waals surface area contributed by atoms with E-state index in [1.807, 2.05) is 30.3 Å². The summed E-state index contributed by atoms with van der Waals surface area (Å²) in [5.74, 6) is 0.840. The molecule has 1 fully saturated rings. The Morgan fingerprint density at radius 3 is 2.54 bits per heavy atom. The fourth-order valence-electron chi connectivity index (χ4n) is 3.23. The van der Waals surface area contributed by atoms with E-state index in [1.54, 1.807) is 16.9 Å². The smallest absolute Gasteiger partial charge is 0.227 e. The molecule has 0 unspecified atom stereocenters. The molecule has 140 valence electrons. The number of aromatic nitrogens is 5. The molecule has 9 heteroatoms. The van der Waals surface area contributed by atoms with E-state index in [1.165, 1.54) is 6.33 Å². The molecule has 0 aliphatic carbocycles. The highest BCUT2D eigenvalue weighted by Gasteiger charge is 2.25. The van der Waals surface area contributed by atoms with Crippen molar-refractivity contribution >= 4 is 17.4 Å². The molecule has 3 heterocycles. The van der Waals surface area contributed by atoms with Gasteiger partial charge in [-0.3, -0.25) is 4.79 Å². The predicted molar refractivity (Wildman–Crippen MR) is 102 cm³/mol. The van der Waals surface area contributed by atoms with E-state index in [2.05, 4.69) is 36.8 Å². The number of carbonyl (C=O) groups is 1. The average Bonchev–Trinajstić information content (AvgIpc) is 3.29. The van der Waals surface area contributed by atoms with Gasteiger partial charge in [0.1, 0.15) is 18.2 Å². The number of rotatable bonds is 4. The molecular weight excluding hydrogens is 356 g/mol. The van der Waals surface area contributed by atoms with Crippen molar-refractivity contribution in [3.63, 3.8) is 0 Å². The SMILES string of the molecule is N#Cc1ccc(N2CCC(C(=O)Nc3ccc(-n4cnnn4)cc3)CC2)nc1. The summed E-state index contributed by atoms with van der Waals surface area (Å²) >= 11 is 0. The van der Waals surface area contributed by atoms with Crippen LogP contribution in [-0.2, 0) is 4.79 Å². The third-order valence-electron chi connectivity index (χ3n) is 4.82. The summed E-state index contributed by atoms with van der Waals surface area (Å²) in [6.45, 7) is 1.52. The second kappa shape index (κ2) is 7.84. The van der Waals surface area contributed by atoms with E-state index in [9.17, 15) is 4.79 Å². The van der Waals surface area contributed by atoms with Gasteiger partial charge < -0.3 is 10.2 Å². The number of tetrazole rings is 1. The Bertz CT molecular complexity index is 968. The number of anilines is 2. The molecule has 1 aliphatic rings. The van der Waals surface area contributed by atoms with Gasteiger partial charge in [0.2, 0.25) is 5.91 Å². The zero-order valence-corrected chi connectivity index (χ0v) is 15.1. The number of amides is 1. The number of benzene rings is 1. The Morgan fingerprint density at radius 2 is 1.93 bits per heavy atom. The van der Waals surface area contributed by atoms with Crippen molar-refractivity contribution in [2.45, 2.75) is 12.8 Å². The molecule has 1 aliphatic heterocycles. The zero-order valence-electron chi connectivity index (χ0n) is 15.1. The topological polar surface area (TPSA) is 113 Å². The molecule has 0 radical (unpaired) electrons. The molecule has 3 aromatic rings. The maximum atomic E-state index is 12.6. The maximum absolute atomic E-state index is 12.6. The summed E-state index contributed by atoms with van der Waals surface area (Å²) < 4.78 is 1.55. The molecule has 1 aromatic carbocycles. The van der Waals surface area contributed by atoms with Crippen molar-refractivity contribution in [1.82, 2.24) is 25.2 Å². The fraction of sp³-hybridized carbons (Fsp3) is 0.263. The summed E-state index contributed by atoms with van der Waals surface area (Å²) in [6.07, 6.45) is 4.61. The zero-order chi connectivity index (χ0) is 19.3. The monoisotopic (exact) mass is 374 g/mol. The van der Waals surface area contributed by atoms with Crippen molar-refractivity contribution in [2.75, 3.05) is 23.3 Å². The molecule has 1 saturated heterocycles. The molecule has 0 spiro atoms. The van der Waals surface area contributed by atoms with E-state index < -0.39 is 0 Å². The molecule has 4 rings (SSSR count). The molecule has 0 atom stereocenters. The summed E-state index contributed by atoms with van der Waals surface area (Å²) in [7, 11) is 0. The Balaban J connectivity index is 1.32. The van der Waals surface area contributed by atoms with Gasteiger partial charge in [-0.05, 0) is 59.7 Å². The first kappa shape index (κ1) is 17.6. The van der Waals surface area contributed by atoms with E-state index in [0.717, 1.165) is 43.1 Å². The van der Waals surface area contributed by atoms with Crippen LogP contribution in [-0.4, -0.2) is 44.2 Å². The van der Waals surface area contributed by atoms with Gasteiger partial charge in [0, 0.05) is 30.9 Å². The van der Waals surface area contributed by atoms with Crippen molar-refractivity contribution in [3.05, 3.63) is 54.5 Å². The third-order valence-corrected chi connectivity index (χ3v) is 4.82.